The molecule has 0 aliphatic rings. The van der Waals surface area contributed by atoms with Crippen molar-refractivity contribution in [2.24, 2.45) is 0 Å². The molecule has 2 aromatic rings. The molecule has 0 aliphatic carbocycles. The number of thiophene rings is 1. The fourth-order valence-corrected chi connectivity index (χ4v) is 3.14. The number of amides is 1. The minimum atomic E-state index is -2.88. The molecule has 1 heterocycles. The number of benzene rings is 1. The lowest BCUT2D eigenvalue weighted by Gasteiger charge is -2.04. The minimum Gasteiger partial charge on any atom is -0.462 e. The van der Waals surface area contributed by atoms with Crippen LogP contribution in [0.1, 0.15) is 34.6 Å². The van der Waals surface area contributed by atoms with Crippen LogP contribution in [0.2, 0.25) is 0 Å². The molecule has 0 atom stereocenters. The van der Waals surface area contributed by atoms with Gasteiger partial charge >= 0.3 is 12.6 Å². The zero-order valence-corrected chi connectivity index (χ0v) is 15.6. The van der Waals surface area contributed by atoms with E-state index in [1.54, 1.807) is 25.1 Å². The number of alkyl halides is 2. The van der Waals surface area contributed by atoms with Crippen LogP contribution in [0.4, 0.5) is 13.8 Å². The van der Waals surface area contributed by atoms with Crippen molar-refractivity contribution in [3.63, 3.8) is 0 Å². The van der Waals surface area contributed by atoms with Crippen molar-refractivity contribution in [1.82, 2.24) is 0 Å². The molecule has 0 spiro atoms. The predicted octanol–water partition coefficient (Wildman–Crippen LogP) is 4.74. The Morgan fingerprint density at radius 3 is 2.52 bits per heavy atom. The van der Waals surface area contributed by atoms with Gasteiger partial charge in [0.2, 0.25) is 5.91 Å². The van der Waals surface area contributed by atoms with E-state index in [4.69, 9.17) is 4.74 Å². The van der Waals surface area contributed by atoms with Crippen LogP contribution < -0.4 is 10.1 Å². The number of rotatable bonds is 8. The lowest BCUT2D eigenvalue weighted by molar-refractivity contribution is -0.111. The van der Waals surface area contributed by atoms with Gasteiger partial charge in [0.25, 0.3) is 0 Å². The molecule has 0 radical (unpaired) electrons. The number of ether oxygens (including phenoxy) is 2. The molecule has 1 amide bonds. The van der Waals surface area contributed by atoms with Crippen molar-refractivity contribution >= 4 is 34.3 Å². The van der Waals surface area contributed by atoms with Crippen LogP contribution in [-0.2, 0) is 16.0 Å². The number of aryl methyl sites for hydroxylation is 1. The van der Waals surface area contributed by atoms with Crippen LogP contribution in [0, 0.1) is 0 Å². The molecule has 1 aromatic heterocycles. The number of hydrogen-bond acceptors (Lipinski definition) is 5. The molecule has 0 bridgehead atoms. The van der Waals surface area contributed by atoms with Gasteiger partial charge in [-0.15, -0.1) is 11.3 Å². The molecule has 8 heteroatoms. The topological polar surface area (TPSA) is 64.6 Å². The van der Waals surface area contributed by atoms with Crippen LogP contribution in [0.25, 0.3) is 6.08 Å². The highest BCUT2D eigenvalue weighted by molar-refractivity contribution is 7.16. The van der Waals surface area contributed by atoms with Gasteiger partial charge in [-0.05, 0) is 43.2 Å². The predicted molar refractivity (Wildman–Crippen MR) is 100 cm³/mol. The molecular formula is C19H19F2NO4S. The number of anilines is 1. The molecule has 5 nitrogen and oxygen atoms in total. The van der Waals surface area contributed by atoms with Gasteiger partial charge in [0.05, 0.1) is 12.2 Å². The third-order valence-corrected chi connectivity index (χ3v) is 4.59. The number of esters is 1. The van der Waals surface area contributed by atoms with Crippen molar-refractivity contribution in [2.75, 3.05) is 11.9 Å². The Morgan fingerprint density at radius 2 is 1.93 bits per heavy atom. The van der Waals surface area contributed by atoms with Crippen molar-refractivity contribution in [2.45, 2.75) is 26.9 Å². The van der Waals surface area contributed by atoms with E-state index in [9.17, 15) is 18.4 Å². The maximum atomic E-state index is 12.2. The van der Waals surface area contributed by atoms with Crippen molar-refractivity contribution in [3.05, 3.63) is 52.4 Å². The molecule has 1 N–H and O–H groups in total. The smallest absolute Gasteiger partial charge is 0.387 e. The quantitative estimate of drug-likeness (QED) is 0.518. The lowest BCUT2D eigenvalue weighted by Crippen LogP contribution is -2.11. The molecular weight excluding hydrogens is 376 g/mol. The fraction of sp³-hybridized carbons (Fsp3) is 0.263. The zero-order chi connectivity index (χ0) is 19.8. The summed E-state index contributed by atoms with van der Waals surface area (Å²) in [5, 5.41) is 3.11. The summed E-state index contributed by atoms with van der Waals surface area (Å²) < 4.78 is 33.5. The zero-order valence-electron chi connectivity index (χ0n) is 14.8. The molecule has 0 saturated heterocycles. The Bertz CT molecular complexity index is 816. The molecule has 0 unspecified atom stereocenters. The Hall–Kier alpha value is -2.74. The second-order valence-corrected chi connectivity index (χ2v) is 6.44. The van der Waals surface area contributed by atoms with E-state index in [0.29, 0.717) is 16.1 Å². The van der Waals surface area contributed by atoms with Gasteiger partial charge in [-0.2, -0.15) is 8.78 Å². The largest absolute Gasteiger partial charge is 0.462 e. The number of hydrogen-bond donors (Lipinski definition) is 1. The van der Waals surface area contributed by atoms with Gasteiger partial charge < -0.3 is 14.8 Å². The summed E-state index contributed by atoms with van der Waals surface area (Å²) in [6, 6.07) is 7.58. The highest BCUT2D eigenvalue weighted by atomic mass is 32.1. The average molecular weight is 395 g/mol. The Kier molecular flexibility index (Phi) is 7.48. The number of carbonyl (C=O) groups excluding carboxylic acids is 2. The first-order valence-electron chi connectivity index (χ1n) is 8.26. The van der Waals surface area contributed by atoms with Crippen molar-refractivity contribution in [3.8, 4) is 5.75 Å². The first-order valence-corrected chi connectivity index (χ1v) is 9.08. The summed E-state index contributed by atoms with van der Waals surface area (Å²) in [6.45, 7) is 1.02. The van der Waals surface area contributed by atoms with Crippen LogP contribution in [0.15, 0.2) is 36.4 Å². The Labute approximate surface area is 159 Å². The highest BCUT2D eigenvalue weighted by Crippen LogP contribution is 2.29. The SMILES string of the molecule is CCOC(=O)c1cc(CC)sc1NC(=O)/C=C/c1ccc(OC(F)F)cc1. The maximum absolute atomic E-state index is 12.2. The van der Waals surface area contributed by atoms with Crippen LogP contribution in [0.5, 0.6) is 5.75 Å². The normalized spacial score (nSPS) is 11.0. The molecule has 1 aromatic carbocycles. The standard InChI is InChI=1S/C19H19F2NO4S/c1-3-14-11-15(18(24)25-4-2)17(27-14)22-16(23)10-7-12-5-8-13(9-6-12)26-19(20)21/h5-11,19H,3-4H2,1-2H3,(H,22,23)/b10-7+. The van der Waals surface area contributed by atoms with Crippen molar-refractivity contribution in [1.29, 1.82) is 0 Å². The number of nitrogens with one attached hydrogen (secondary N) is 1. The van der Waals surface area contributed by atoms with Gasteiger partial charge in [-0.3, -0.25) is 4.79 Å². The maximum Gasteiger partial charge on any atom is 0.387 e. The van der Waals surface area contributed by atoms with Crippen molar-refractivity contribution < 1.29 is 27.8 Å². The van der Waals surface area contributed by atoms with E-state index in [1.807, 2.05) is 6.92 Å². The summed E-state index contributed by atoms with van der Waals surface area (Å²) in [7, 11) is 0. The van der Waals surface area contributed by atoms with Crippen LogP contribution in [0.3, 0.4) is 0 Å². The number of carbonyl (C=O) groups is 2. The molecule has 0 saturated carbocycles. The Morgan fingerprint density at radius 1 is 1.22 bits per heavy atom. The molecule has 0 aliphatic heterocycles. The Balaban J connectivity index is 2.05. The van der Waals surface area contributed by atoms with Gasteiger partial charge in [-0.25, -0.2) is 4.79 Å². The van der Waals surface area contributed by atoms with E-state index >= 15 is 0 Å². The van der Waals surface area contributed by atoms with Gasteiger partial charge in [0.1, 0.15) is 10.8 Å². The third-order valence-electron chi connectivity index (χ3n) is 3.40. The van der Waals surface area contributed by atoms with Gasteiger partial charge in [0, 0.05) is 11.0 Å². The first-order chi connectivity index (χ1) is 12.9. The first kappa shape index (κ1) is 20.6. The molecule has 144 valence electrons. The van der Waals surface area contributed by atoms with E-state index in [-0.39, 0.29) is 12.4 Å². The third kappa shape index (κ3) is 6.18. The van der Waals surface area contributed by atoms with Gasteiger partial charge in [-0.1, -0.05) is 19.1 Å². The van der Waals surface area contributed by atoms with E-state index < -0.39 is 18.5 Å². The van der Waals surface area contributed by atoms with E-state index in [0.717, 1.165) is 11.3 Å². The summed E-state index contributed by atoms with van der Waals surface area (Å²) in [6.07, 6.45) is 3.55. The summed E-state index contributed by atoms with van der Waals surface area (Å²) in [4.78, 5) is 25.1. The monoisotopic (exact) mass is 395 g/mol. The van der Waals surface area contributed by atoms with Gasteiger partial charge in [0.15, 0.2) is 0 Å². The average Bonchev–Trinajstić information content (AvgIpc) is 3.04. The van der Waals surface area contributed by atoms with E-state index in [2.05, 4.69) is 10.1 Å². The molecule has 2 rings (SSSR count). The van der Waals surface area contributed by atoms with Crippen LogP contribution in [-0.4, -0.2) is 25.1 Å². The number of halogens is 2. The summed E-state index contributed by atoms with van der Waals surface area (Å²) in [5.41, 5.74) is 0.965. The highest BCUT2D eigenvalue weighted by Gasteiger charge is 2.17. The van der Waals surface area contributed by atoms with Crippen LogP contribution >= 0.6 is 11.3 Å². The minimum absolute atomic E-state index is 0.0383. The second-order valence-electron chi connectivity index (χ2n) is 5.30. The second kappa shape index (κ2) is 9.82. The molecule has 27 heavy (non-hydrogen) atoms. The fourth-order valence-electron chi connectivity index (χ4n) is 2.16. The summed E-state index contributed by atoms with van der Waals surface area (Å²) in [5.74, 6) is -0.864. The lowest BCUT2D eigenvalue weighted by atomic mass is 10.2. The summed E-state index contributed by atoms with van der Waals surface area (Å²) >= 11 is 1.32. The van der Waals surface area contributed by atoms with E-state index in [1.165, 1.54) is 35.6 Å². The molecule has 0 fully saturated rings.